The summed E-state index contributed by atoms with van der Waals surface area (Å²) in [5.41, 5.74) is -0.890. The highest BCUT2D eigenvalue weighted by molar-refractivity contribution is 5.79. The number of hydrogen-bond acceptors (Lipinski definition) is 3. The van der Waals surface area contributed by atoms with Crippen LogP contribution in [0.25, 0.3) is 0 Å². The molecule has 1 aliphatic heterocycles. The van der Waals surface area contributed by atoms with E-state index in [4.69, 9.17) is 9.84 Å². The fraction of sp³-hybridized carbons (Fsp3) is 0.100. The first-order valence-electron chi connectivity index (χ1n) is 4.15. The number of carbonyl (C=O) groups is 1. The molecule has 0 amide bonds. The van der Waals surface area contributed by atoms with Crippen LogP contribution in [0.4, 0.5) is 0 Å². The highest BCUT2D eigenvalue weighted by Crippen LogP contribution is 2.26. The van der Waals surface area contributed by atoms with Gasteiger partial charge in [0.1, 0.15) is 6.26 Å². The highest BCUT2D eigenvalue weighted by Gasteiger charge is 2.43. The second-order valence-electron chi connectivity index (χ2n) is 2.92. The van der Waals surface area contributed by atoms with Crippen molar-refractivity contribution in [3.05, 3.63) is 48.4 Å². The molecule has 1 unspecified atom stereocenters. The first-order valence-corrected chi connectivity index (χ1v) is 4.15. The summed E-state index contributed by atoms with van der Waals surface area (Å²) in [4.78, 5) is 11.1. The molecule has 0 saturated heterocycles. The Morgan fingerprint density at radius 3 is 2.57 bits per heavy atom. The van der Waals surface area contributed by atoms with E-state index in [1.165, 1.54) is 12.5 Å². The third kappa shape index (κ3) is 1.12. The van der Waals surface area contributed by atoms with Gasteiger partial charge in [0.05, 0.1) is 0 Å². The number of carboxylic acid groups (broad SMARTS) is 1. The zero-order valence-corrected chi connectivity index (χ0v) is 7.31. The van der Waals surface area contributed by atoms with Crippen LogP contribution in [0.3, 0.4) is 0 Å². The number of nitrogens with one attached hydrogen (secondary N) is 1. The van der Waals surface area contributed by atoms with Crippen molar-refractivity contribution in [3.8, 4) is 0 Å². The standard InChI is InChI=1S/C10H9NO3/c12-9(13)10(11-6-7-14-10)8-4-2-1-3-5-8/h1-7,11H,(H,12,13). The average Bonchev–Trinajstić information content (AvgIpc) is 2.69. The van der Waals surface area contributed by atoms with E-state index in [0.29, 0.717) is 5.56 Å². The molecule has 1 aromatic rings. The zero-order valence-electron chi connectivity index (χ0n) is 7.31. The minimum absolute atomic E-state index is 0.567. The van der Waals surface area contributed by atoms with Gasteiger partial charge in [-0.15, -0.1) is 0 Å². The van der Waals surface area contributed by atoms with Crippen molar-refractivity contribution < 1.29 is 14.6 Å². The summed E-state index contributed by atoms with van der Waals surface area (Å²) in [6.07, 6.45) is 2.81. The normalized spacial score (nSPS) is 24.0. The van der Waals surface area contributed by atoms with Crippen molar-refractivity contribution in [2.24, 2.45) is 0 Å². The summed E-state index contributed by atoms with van der Waals surface area (Å²) in [7, 11) is 0. The smallest absolute Gasteiger partial charge is 0.375 e. The first kappa shape index (κ1) is 8.62. The van der Waals surface area contributed by atoms with Crippen LogP contribution in [0.15, 0.2) is 42.8 Å². The monoisotopic (exact) mass is 191 g/mol. The van der Waals surface area contributed by atoms with Gasteiger partial charge in [0.25, 0.3) is 0 Å². The molecule has 0 aliphatic carbocycles. The third-order valence-corrected chi connectivity index (χ3v) is 2.08. The van der Waals surface area contributed by atoms with Crippen molar-refractivity contribution in [2.75, 3.05) is 0 Å². The van der Waals surface area contributed by atoms with Gasteiger partial charge >= 0.3 is 11.7 Å². The van der Waals surface area contributed by atoms with Crippen LogP contribution in [-0.4, -0.2) is 11.1 Å². The molecule has 1 aromatic carbocycles. The number of aliphatic carboxylic acids is 1. The van der Waals surface area contributed by atoms with Crippen molar-refractivity contribution >= 4 is 5.97 Å². The molecular formula is C10H9NO3. The van der Waals surface area contributed by atoms with Gasteiger partial charge in [0.15, 0.2) is 0 Å². The van der Waals surface area contributed by atoms with Gasteiger partial charge in [-0.05, 0) is 0 Å². The lowest BCUT2D eigenvalue weighted by atomic mass is 10.0. The van der Waals surface area contributed by atoms with Crippen molar-refractivity contribution in [3.63, 3.8) is 0 Å². The fourth-order valence-electron chi connectivity index (χ4n) is 1.38. The molecule has 1 heterocycles. The van der Waals surface area contributed by atoms with Gasteiger partial charge in [-0.2, -0.15) is 0 Å². The predicted octanol–water partition coefficient (Wildman–Crippen LogP) is 1.01. The lowest BCUT2D eigenvalue weighted by Gasteiger charge is -2.24. The summed E-state index contributed by atoms with van der Waals surface area (Å²) in [5, 5.41) is 11.8. The van der Waals surface area contributed by atoms with Crippen LogP contribution in [0.5, 0.6) is 0 Å². The molecule has 0 bridgehead atoms. The molecule has 1 atom stereocenters. The van der Waals surface area contributed by atoms with Gasteiger partial charge in [0.2, 0.25) is 0 Å². The topological polar surface area (TPSA) is 58.6 Å². The number of benzene rings is 1. The van der Waals surface area contributed by atoms with Crippen LogP contribution in [0.1, 0.15) is 5.56 Å². The SMILES string of the molecule is O=C(O)C1(c2ccccc2)NC=CO1. The van der Waals surface area contributed by atoms with Crippen LogP contribution in [0.2, 0.25) is 0 Å². The van der Waals surface area contributed by atoms with Crippen molar-refractivity contribution in [1.82, 2.24) is 5.32 Å². The molecule has 2 rings (SSSR count). The largest absolute Gasteiger partial charge is 0.477 e. The Hall–Kier alpha value is -1.97. The molecule has 4 nitrogen and oxygen atoms in total. The number of rotatable bonds is 2. The Balaban J connectivity index is 2.43. The lowest BCUT2D eigenvalue weighted by molar-refractivity contribution is -0.160. The quantitative estimate of drug-likeness (QED) is 0.732. The maximum atomic E-state index is 11.1. The maximum absolute atomic E-state index is 11.1. The fourth-order valence-corrected chi connectivity index (χ4v) is 1.38. The van der Waals surface area contributed by atoms with Gasteiger partial charge in [0, 0.05) is 11.8 Å². The van der Waals surface area contributed by atoms with Crippen LogP contribution in [0, 0.1) is 0 Å². The van der Waals surface area contributed by atoms with E-state index < -0.39 is 11.7 Å². The summed E-state index contributed by atoms with van der Waals surface area (Å²) in [5.74, 6) is -1.06. The Morgan fingerprint density at radius 1 is 1.36 bits per heavy atom. The van der Waals surface area contributed by atoms with Crippen LogP contribution >= 0.6 is 0 Å². The molecule has 0 saturated carbocycles. The van der Waals surface area contributed by atoms with E-state index in [1.54, 1.807) is 24.3 Å². The predicted molar refractivity (Wildman–Crippen MR) is 49.1 cm³/mol. The Bertz CT molecular complexity index is 364. The molecule has 1 aliphatic rings. The summed E-state index contributed by atoms with van der Waals surface area (Å²) < 4.78 is 5.10. The molecule has 0 radical (unpaired) electrons. The Morgan fingerprint density at radius 2 is 2.07 bits per heavy atom. The first-order chi connectivity index (χ1) is 6.76. The number of carboxylic acids is 1. The average molecular weight is 191 g/mol. The Labute approximate surface area is 80.8 Å². The highest BCUT2D eigenvalue weighted by atomic mass is 16.5. The van der Waals surface area contributed by atoms with E-state index in [2.05, 4.69) is 5.32 Å². The van der Waals surface area contributed by atoms with Gasteiger partial charge < -0.3 is 15.2 Å². The zero-order chi connectivity index (χ0) is 10.0. The summed E-state index contributed by atoms with van der Waals surface area (Å²) >= 11 is 0. The van der Waals surface area contributed by atoms with E-state index >= 15 is 0 Å². The van der Waals surface area contributed by atoms with Crippen molar-refractivity contribution in [2.45, 2.75) is 5.72 Å². The number of hydrogen-bond donors (Lipinski definition) is 2. The lowest BCUT2D eigenvalue weighted by Crippen LogP contribution is -2.45. The Kier molecular flexibility index (Phi) is 1.89. The minimum atomic E-state index is -1.46. The molecule has 72 valence electrons. The minimum Gasteiger partial charge on any atom is -0.477 e. The van der Waals surface area contributed by atoms with Gasteiger partial charge in [-0.25, -0.2) is 4.79 Å². The molecule has 14 heavy (non-hydrogen) atoms. The van der Waals surface area contributed by atoms with Gasteiger partial charge in [-0.1, -0.05) is 30.3 Å². The van der Waals surface area contributed by atoms with E-state index in [0.717, 1.165) is 0 Å². The maximum Gasteiger partial charge on any atom is 0.375 e. The molecule has 0 aromatic heterocycles. The van der Waals surface area contributed by atoms with E-state index in [1.807, 2.05) is 6.07 Å². The van der Waals surface area contributed by atoms with Crippen LogP contribution < -0.4 is 5.32 Å². The molecule has 4 heteroatoms. The second kappa shape index (κ2) is 3.06. The summed E-state index contributed by atoms with van der Waals surface area (Å²) in [6.45, 7) is 0. The molecule has 2 N–H and O–H groups in total. The second-order valence-corrected chi connectivity index (χ2v) is 2.92. The third-order valence-electron chi connectivity index (χ3n) is 2.08. The van der Waals surface area contributed by atoms with Gasteiger partial charge in [-0.3, -0.25) is 0 Å². The van der Waals surface area contributed by atoms with Crippen LogP contribution in [-0.2, 0) is 15.3 Å². The van der Waals surface area contributed by atoms with E-state index in [-0.39, 0.29) is 0 Å². The summed E-state index contributed by atoms with van der Waals surface area (Å²) in [6, 6.07) is 8.76. The van der Waals surface area contributed by atoms with E-state index in [9.17, 15) is 4.79 Å². The van der Waals surface area contributed by atoms with Crippen molar-refractivity contribution in [1.29, 1.82) is 0 Å². The molecular weight excluding hydrogens is 182 g/mol. The number of ether oxygens (including phenoxy) is 1. The molecule has 0 fully saturated rings. The molecule has 0 spiro atoms.